The van der Waals surface area contributed by atoms with Crippen molar-refractivity contribution in [2.24, 2.45) is 0 Å². The quantitative estimate of drug-likeness (QED) is 0.441. The van der Waals surface area contributed by atoms with Crippen LogP contribution in [0.4, 0.5) is 16.0 Å². The molecule has 0 radical (unpaired) electrons. The van der Waals surface area contributed by atoms with Gasteiger partial charge >= 0.3 is 0 Å². The van der Waals surface area contributed by atoms with Crippen LogP contribution in [-0.2, 0) is 19.7 Å². The zero-order chi connectivity index (χ0) is 24.2. The first-order valence-electron chi connectivity index (χ1n) is 11.3. The van der Waals surface area contributed by atoms with Crippen LogP contribution in [0.1, 0.15) is 21.6 Å². The van der Waals surface area contributed by atoms with E-state index in [4.69, 9.17) is 4.74 Å². The lowest BCUT2D eigenvalue weighted by atomic mass is 10.2. The Kier molecular flexibility index (Phi) is 6.26. The third kappa shape index (κ3) is 4.77. The van der Waals surface area contributed by atoms with E-state index < -0.39 is 11.5 Å². The first kappa shape index (κ1) is 22.3. The molecule has 1 aromatic heterocycles. The van der Waals surface area contributed by atoms with Crippen LogP contribution in [0.25, 0.3) is 0 Å². The topological polar surface area (TPSA) is 76.5 Å². The first-order valence-corrected chi connectivity index (χ1v) is 11.3. The van der Waals surface area contributed by atoms with E-state index >= 15 is 0 Å². The Labute approximate surface area is 201 Å². The SMILES string of the molecule is O=C(NCc1ccc(F)cc1)c1nc2n(c(=O)c1OCc1ccccc1)CCN2c1ccccc1. The highest BCUT2D eigenvalue weighted by Crippen LogP contribution is 2.29. The molecule has 176 valence electrons. The van der Waals surface area contributed by atoms with Crippen LogP contribution in [0, 0.1) is 5.82 Å². The molecule has 2 heterocycles. The highest BCUT2D eigenvalue weighted by atomic mass is 19.1. The van der Waals surface area contributed by atoms with E-state index in [1.807, 2.05) is 65.6 Å². The largest absolute Gasteiger partial charge is 0.481 e. The monoisotopic (exact) mass is 470 g/mol. The highest BCUT2D eigenvalue weighted by Gasteiger charge is 2.30. The van der Waals surface area contributed by atoms with E-state index in [9.17, 15) is 14.0 Å². The minimum atomic E-state index is -0.544. The molecule has 3 aromatic carbocycles. The number of nitrogens with one attached hydrogen (secondary N) is 1. The third-order valence-electron chi connectivity index (χ3n) is 5.77. The summed E-state index contributed by atoms with van der Waals surface area (Å²) >= 11 is 0. The van der Waals surface area contributed by atoms with Gasteiger partial charge in [-0.2, -0.15) is 0 Å². The van der Waals surface area contributed by atoms with Crippen molar-refractivity contribution < 1.29 is 13.9 Å². The molecule has 5 rings (SSSR count). The predicted molar refractivity (Wildman–Crippen MR) is 130 cm³/mol. The lowest BCUT2D eigenvalue weighted by Gasteiger charge is -2.19. The summed E-state index contributed by atoms with van der Waals surface area (Å²) in [5.74, 6) is -0.604. The number of carbonyl (C=O) groups excluding carboxylic acids is 1. The molecule has 0 bridgehead atoms. The minimum absolute atomic E-state index is 0.0814. The molecule has 1 aliphatic rings. The molecule has 35 heavy (non-hydrogen) atoms. The summed E-state index contributed by atoms with van der Waals surface area (Å²) in [6, 6.07) is 24.8. The van der Waals surface area contributed by atoms with Gasteiger partial charge in [-0.3, -0.25) is 14.2 Å². The number of carbonyl (C=O) groups is 1. The van der Waals surface area contributed by atoms with Crippen LogP contribution in [-0.4, -0.2) is 22.0 Å². The summed E-state index contributed by atoms with van der Waals surface area (Å²) in [4.78, 5) is 33.2. The van der Waals surface area contributed by atoms with Gasteiger partial charge in [0, 0.05) is 25.3 Å². The number of ether oxygens (including phenoxy) is 1. The van der Waals surface area contributed by atoms with Crippen LogP contribution in [0.3, 0.4) is 0 Å². The number of fused-ring (bicyclic) bond motifs is 1. The van der Waals surface area contributed by atoms with Crippen molar-refractivity contribution in [2.75, 3.05) is 11.4 Å². The second-order valence-corrected chi connectivity index (χ2v) is 8.12. The Morgan fingerprint density at radius 3 is 2.31 bits per heavy atom. The summed E-state index contributed by atoms with van der Waals surface area (Å²) in [6.07, 6.45) is 0. The number of hydrogen-bond acceptors (Lipinski definition) is 5. The molecule has 1 N–H and O–H groups in total. The van der Waals surface area contributed by atoms with Gasteiger partial charge in [0.25, 0.3) is 11.5 Å². The molecule has 0 atom stereocenters. The van der Waals surface area contributed by atoms with Gasteiger partial charge in [-0.25, -0.2) is 9.37 Å². The summed E-state index contributed by atoms with van der Waals surface area (Å²) in [6.45, 7) is 1.25. The van der Waals surface area contributed by atoms with Crippen LogP contribution >= 0.6 is 0 Å². The van der Waals surface area contributed by atoms with E-state index in [0.29, 0.717) is 19.0 Å². The van der Waals surface area contributed by atoms with Crippen molar-refractivity contribution in [1.29, 1.82) is 0 Å². The Balaban J connectivity index is 1.49. The minimum Gasteiger partial charge on any atom is -0.481 e. The molecule has 0 spiro atoms. The fourth-order valence-corrected chi connectivity index (χ4v) is 3.97. The predicted octanol–water partition coefficient (Wildman–Crippen LogP) is 4.04. The van der Waals surface area contributed by atoms with Gasteiger partial charge in [0.05, 0.1) is 0 Å². The smallest absolute Gasteiger partial charge is 0.298 e. The lowest BCUT2D eigenvalue weighted by molar-refractivity contribution is 0.0940. The fourth-order valence-electron chi connectivity index (χ4n) is 3.97. The Bertz CT molecular complexity index is 1390. The van der Waals surface area contributed by atoms with Crippen LogP contribution in [0.5, 0.6) is 5.75 Å². The fraction of sp³-hybridized carbons (Fsp3) is 0.148. The maximum absolute atomic E-state index is 13.4. The number of amides is 1. The molecule has 7 nitrogen and oxygen atoms in total. The first-order chi connectivity index (χ1) is 17.1. The van der Waals surface area contributed by atoms with Crippen LogP contribution in [0.15, 0.2) is 89.7 Å². The molecule has 1 aliphatic heterocycles. The Hall–Kier alpha value is -4.46. The standard InChI is InChI=1S/C27H23FN4O3/c28-21-13-11-19(12-14-21)17-29-25(33)23-24(35-18-20-7-3-1-4-8-20)26(34)32-16-15-31(27(32)30-23)22-9-5-2-6-10-22/h1-14H,15-18H2,(H,29,33). The number of halogens is 1. The number of nitrogens with zero attached hydrogens (tertiary/aromatic N) is 3. The Morgan fingerprint density at radius 1 is 0.914 bits per heavy atom. The van der Waals surface area contributed by atoms with Crippen molar-refractivity contribution in [3.63, 3.8) is 0 Å². The van der Waals surface area contributed by atoms with Gasteiger partial charge in [0.15, 0.2) is 5.69 Å². The number of aromatic nitrogens is 2. The zero-order valence-electron chi connectivity index (χ0n) is 18.9. The molecule has 4 aromatic rings. The maximum Gasteiger partial charge on any atom is 0.298 e. The van der Waals surface area contributed by atoms with Crippen molar-refractivity contribution in [3.05, 3.63) is 118 Å². The summed E-state index contributed by atoms with van der Waals surface area (Å²) < 4.78 is 20.6. The van der Waals surface area contributed by atoms with E-state index in [-0.39, 0.29) is 30.4 Å². The molecule has 0 saturated heterocycles. The molecule has 1 amide bonds. The number of rotatable bonds is 7. The molecule has 0 fully saturated rings. The average Bonchev–Trinajstić information content (AvgIpc) is 3.33. The van der Waals surface area contributed by atoms with Crippen molar-refractivity contribution >= 4 is 17.5 Å². The van der Waals surface area contributed by atoms with E-state index in [1.54, 1.807) is 12.1 Å². The van der Waals surface area contributed by atoms with Crippen LogP contribution < -0.4 is 20.5 Å². The van der Waals surface area contributed by atoms with Gasteiger partial charge in [0.2, 0.25) is 11.7 Å². The summed E-state index contributed by atoms with van der Waals surface area (Å²) in [7, 11) is 0. The van der Waals surface area contributed by atoms with E-state index in [1.165, 1.54) is 16.7 Å². The van der Waals surface area contributed by atoms with Gasteiger partial charge in [-0.1, -0.05) is 60.7 Å². The molecule has 8 heteroatoms. The Morgan fingerprint density at radius 2 is 1.60 bits per heavy atom. The average molecular weight is 471 g/mol. The third-order valence-corrected chi connectivity index (χ3v) is 5.77. The van der Waals surface area contributed by atoms with Crippen molar-refractivity contribution in [2.45, 2.75) is 19.7 Å². The van der Waals surface area contributed by atoms with Gasteiger partial charge in [-0.05, 0) is 35.4 Å². The summed E-state index contributed by atoms with van der Waals surface area (Å²) in [5, 5.41) is 2.78. The maximum atomic E-state index is 13.4. The van der Waals surface area contributed by atoms with Crippen LogP contribution in [0.2, 0.25) is 0 Å². The van der Waals surface area contributed by atoms with Gasteiger partial charge in [0.1, 0.15) is 12.4 Å². The van der Waals surface area contributed by atoms with E-state index in [0.717, 1.165) is 16.8 Å². The number of anilines is 2. The second-order valence-electron chi connectivity index (χ2n) is 8.12. The highest BCUT2D eigenvalue weighted by molar-refractivity contribution is 5.95. The normalized spacial score (nSPS) is 12.3. The number of benzene rings is 3. The van der Waals surface area contributed by atoms with E-state index in [2.05, 4.69) is 10.3 Å². The molecular weight excluding hydrogens is 447 g/mol. The van der Waals surface area contributed by atoms with Gasteiger partial charge < -0.3 is 15.0 Å². The zero-order valence-corrected chi connectivity index (χ0v) is 18.9. The number of para-hydroxylation sites is 1. The molecule has 0 saturated carbocycles. The number of hydrogen-bond donors (Lipinski definition) is 1. The van der Waals surface area contributed by atoms with Crippen molar-refractivity contribution in [3.8, 4) is 5.75 Å². The molecular formula is C27H23FN4O3. The summed E-state index contributed by atoms with van der Waals surface area (Å²) in [5.41, 5.74) is 1.97. The van der Waals surface area contributed by atoms with Gasteiger partial charge in [-0.15, -0.1) is 0 Å². The van der Waals surface area contributed by atoms with Crippen molar-refractivity contribution in [1.82, 2.24) is 14.9 Å². The lowest BCUT2D eigenvalue weighted by Crippen LogP contribution is -2.30. The molecule has 0 unspecified atom stereocenters. The second kappa shape index (κ2) is 9.80. The molecule has 0 aliphatic carbocycles.